The van der Waals surface area contributed by atoms with Crippen molar-refractivity contribution in [2.75, 3.05) is 14.1 Å². The molecule has 1 unspecified atom stereocenters. The number of carbonyl (C=O) groups excluding carboxylic acids is 1. The van der Waals surface area contributed by atoms with Crippen LogP contribution in [0.3, 0.4) is 0 Å². The zero-order valence-corrected chi connectivity index (χ0v) is 17.8. The number of hydrogen-bond acceptors (Lipinski definition) is 5. The van der Waals surface area contributed by atoms with E-state index in [-0.39, 0.29) is 16.2 Å². The summed E-state index contributed by atoms with van der Waals surface area (Å²) in [7, 11) is 0.368. The molecule has 1 heterocycles. The molecule has 0 aliphatic carbocycles. The molecule has 2 N–H and O–H groups in total. The average molecular weight is 439 g/mol. The summed E-state index contributed by atoms with van der Waals surface area (Å²) in [6, 6.07) is 22.3. The van der Waals surface area contributed by atoms with Crippen molar-refractivity contribution in [1.29, 1.82) is 0 Å². The summed E-state index contributed by atoms with van der Waals surface area (Å²) in [5, 5.41) is 21.0. The van der Waals surface area contributed by atoms with E-state index in [9.17, 15) is 23.4 Å². The molecule has 3 aromatic carbocycles. The third kappa shape index (κ3) is 5.05. The molecular formula is C23H22N2O5S. The van der Waals surface area contributed by atoms with Gasteiger partial charge in [-0.1, -0.05) is 48.5 Å². The molecule has 0 fully saturated rings. The van der Waals surface area contributed by atoms with Gasteiger partial charge in [0.15, 0.2) is 5.78 Å². The van der Waals surface area contributed by atoms with Gasteiger partial charge in [0, 0.05) is 17.0 Å². The van der Waals surface area contributed by atoms with E-state index in [1.807, 2.05) is 44.4 Å². The number of carbonyl (C=O) groups is 1. The number of sulfonamides is 1. The minimum atomic E-state index is -3.68. The van der Waals surface area contributed by atoms with Crippen LogP contribution in [0.25, 0.3) is 0 Å². The molecule has 1 aliphatic rings. The quantitative estimate of drug-likeness (QED) is 0.588. The van der Waals surface area contributed by atoms with Crippen molar-refractivity contribution in [3.05, 3.63) is 95.6 Å². The third-order valence-corrected chi connectivity index (χ3v) is 6.03. The van der Waals surface area contributed by atoms with Crippen LogP contribution in [0.15, 0.2) is 88.2 Å². The van der Waals surface area contributed by atoms with Gasteiger partial charge in [0.05, 0.1) is 19.0 Å². The van der Waals surface area contributed by atoms with Crippen LogP contribution >= 0.6 is 0 Å². The number of nitrogens with zero attached hydrogens (tertiary/aromatic N) is 1. The standard InChI is InChI=1S/C16H17NO2.C7H5NO3S/c1-17(2)14-10-8-13(9-11-14)16(19)15(18)12-6-4-3-5-7-12;9-7-5-3-1-2-4-6(5)12(10,11)8-7/h3-11,15,18H,1-2H3;1-4H,(H,8,9). The number of Topliss-reactive ketones (excluding diaryl/α,β-unsaturated/α-hetero) is 1. The molecule has 7 nitrogen and oxygen atoms in total. The number of aliphatic hydroxyl groups is 1. The molecule has 160 valence electrons. The summed E-state index contributed by atoms with van der Waals surface area (Å²) < 4.78 is 25.2. The Hall–Kier alpha value is -3.33. The second kappa shape index (κ2) is 9.22. The first kappa shape index (κ1) is 22.4. The Morgan fingerprint density at radius 3 is 2.10 bits per heavy atom. The maximum atomic E-state index is 12.2. The van der Waals surface area contributed by atoms with Crippen molar-refractivity contribution in [1.82, 2.24) is 0 Å². The topological polar surface area (TPSA) is 111 Å². The first-order valence-corrected chi connectivity index (χ1v) is 10.9. The lowest BCUT2D eigenvalue weighted by Gasteiger charge is -2.11. The van der Waals surface area contributed by atoms with Gasteiger partial charge >= 0.3 is 0 Å². The molecular weight excluding hydrogens is 416 g/mol. The highest BCUT2D eigenvalue weighted by molar-refractivity contribution is 7.90. The predicted molar refractivity (Wildman–Crippen MR) is 115 cm³/mol. The lowest BCUT2D eigenvalue weighted by Crippen LogP contribution is -3.00. The number of rotatable bonds is 4. The summed E-state index contributed by atoms with van der Waals surface area (Å²) in [6.45, 7) is 0. The first-order valence-electron chi connectivity index (χ1n) is 9.50. The van der Waals surface area contributed by atoms with Crippen LogP contribution < -0.4 is 10.0 Å². The minimum Gasteiger partial charge on any atom is -0.858 e. The van der Waals surface area contributed by atoms with Gasteiger partial charge in [-0.2, -0.15) is 12.8 Å². The van der Waals surface area contributed by atoms with Gasteiger partial charge in [0.1, 0.15) is 11.8 Å². The second-order valence-corrected chi connectivity index (χ2v) is 8.70. The Balaban J connectivity index is 0.000000194. The Morgan fingerprint density at radius 2 is 1.52 bits per heavy atom. The van der Waals surface area contributed by atoms with E-state index < -0.39 is 22.0 Å². The molecule has 1 aliphatic heterocycles. The van der Waals surface area contributed by atoms with Crippen LogP contribution in [-0.2, 0) is 10.0 Å². The molecule has 0 radical (unpaired) electrons. The smallest absolute Gasteiger partial charge is 0.282 e. The van der Waals surface area contributed by atoms with Crippen LogP contribution in [-0.4, -0.2) is 39.3 Å². The summed E-state index contributed by atoms with van der Waals surface area (Å²) in [5.74, 6) is -0.947. The van der Waals surface area contributed by atoms with Gasteiger partial charge in [-0.25, -0.2) is 0 Å². The van der Waals surface area contributed by atoms with Gasteiger partial charge in [-0.05, 0) is 35.9 Å². The fourth-order valence-electron chi connectivity index (χ4n) is 2.99. The van der Waals surface area contributed by atoms with Gasteiger partial charge < -0.3 is 15.1 Å². The van der Waals surface area contributed by atoms with Crippen LogP contribution in [0.5, 0.6) is 0 Å². The van der Waals surface area contributed by atoms with Gasteiger partial charge in [0.2, 0.25) is 0 Å². The predicted octanol–water partition coefficient (Wildman–Crippen LogP) is 0.875. The number of benzene rings is 3. The monoisotopic (exact) mass is 438 g/mol. The van der Waals surface area contributed by atoms with Crippen molar-refractivity contribution in [2.24, 2.45) is 4.40 Å². The van der Waals surface area contributed by atoms with Crippen molar-refractivity contribution < 1.29 is 28.3 Å². The maximum absolute atomic E-state index is 12.2. The van der Waals surface area contributed by atoms with Gasteiger partial charge in [0.25, 0.3) is 10.0 Å². The van der Waals surface area contributed by atoms with Crippen molar-refractivity contribution in [3.63, 3.8) is 0 Å². The normalized spacial score (nSPS) is 14.8. The van der Waals surface area contributed by atoms with Crippen molar-refractivity contribution in [3.8, 4) is 0 Å². The summed E-state index contributed by atoms with van der Waals surface area (Å²) in [5.41, 5.74) is 2.42. The van der Waals surface area contributed by atoms with E-state index >= 15 is 0 Å². The molecule has 0 spiro atoms. The average Bonchev–Trinajstić information content (AvgIpc) is 3.02. The van der Waals surface area contributed by atoms with Gasteiger partial charge in [-0.3, -0.25) is 4.79 Å². The zero-order valence-electron chi connectivity index (χ0n) is 17.0. The highest BCUT2D eigenvalue weighted by Crippen LogP contribution is 2.23. The van der Waals surface area contributed by atoms with E-state index in [0.717, 1.165) is 5.69 Å². The number of hydrogen-bond donors (Lipinski definition) is 2. The highest BCUT2D eigenvalue weighted by atomic mass is 32.2. The fourth-order valence-corrected chi connectivity index (χ4v) is 4.09. The van der Waals surface area contributed by atoms with Crippen molar-refractivity contribution >= 4 is 27.4 Å². The molecule has 31 heavy (non-hydrogen) atoms. The Bertz CT molecular complexity index is 1200. The fraction of sp³-hybridized carbons (Fsp3) is 0.130. The molecule has 4 rings (SSSR count). The summed E-state index contributed by atoms with van der Waals surface area (Å²) in [6.07, 6.45) is -1.10. The van der Waals surface area contributed by atoms with Crippen LogP contribution in [0.2, 0.25) is 0 Å². The SMILES string of the molecule is C[NH+](C)c1ccc(C(=O)C(O)c2ccccc2)cc1.O=S1(=O)N=C([O-])c2ccccc21. The summed E-state index contributed by atoms with van der Waals surface area (Å²) >= 11 is 0. The molecule has 8 heteroatoms. The number of fused-ring (bicyclic) bond motifs is 1. The number of nitrogens with one attached hydrogen (secondary N) is 1. The van der Waals surface area contributed by atoms with E-state index in [1.165, 1.54) is 17.0 Å². The lowest BCUT2D eigenvalue weighted by atomic mass is 10.00. The van der Waals surface area contributed by atoms with Crippen LogP contribution in [0, 0.1) is 0 Å². The largest absolute Gasteiger partial charge is 0.858 e. The van der Waals surface area contributed by atoms with E-state index in [4.69, 9.17) is 0 Å². The highest BCUT2D eigenvalue weighted by Gasteiger charge is 2.23. The van der Waals surface area contributed by atoms with E-state index in [1.54, 1.807) is 36.4 Å². The molecule has 0 bridgehead atoms. The Labute approximate surface area is 181 Å². The Morgan fingerprint density at radius 1 is 0.935 bits per heavy atom. The second-order valence-electron chi connectivity index (χ2n) is 7.12. The van der Waals surface area contributed by atoms with Crippen LogP contribution in [0.1, 0.15) is 27.6 Å². The minimum absolute atomic E-state index is 0.00926. The molecule has 3 aromatic rings. The van der Waals surface area contributed by atoms with Crippen molar-refractivity contribution in [2.45, 2.75) is 11.0 Å². The first-order chi connectivity index (χ1) is 14.7. The van der Waals surface area contributed by atoms with E-state index in [2.05, 4.69) is 4.40 Å². The molecule has 0 aromatic heterocycles. The molecule has 0 amide bonds. The molecule has 0 saturated carbocycles. The van der Waals surface area contributed by atoms with Gasteiger partial charge in [-0.15, -0.1) is 0 Å². The number of quaternary nitrogens is 1. The Kier molecular flexibility index (Phi) is 6.65. The lowest BCUT2D eigenvalue weighted by molar-refractivity contribution is -0.786. The maximum Gasteiger partial charge on any atom is 0.282 e. The molecule has 1 atom stereocenters. The van der Waals surface area contributed by atoms with Crippen LogP contribution in [0.4, 0.5) is 5.69 Å². The molecule has 0 saturated heterocycles. The third-order valence-electron chi connectivity index (χ3n) is 4.71. The van der Waals surface area contributed by atoms with E-state index in [0.29, 0.717) is 11.1 Å². The zero-order chi connectivity index (χ0) is 22.6. The number of ketones is 1. The summed E-state index contributed by atoms with van der Waals surface area (Å²) in [4.78, 5) is 13.4. The number of aliphatic hydroxyl groups excluding tert-OH is 1.